The average molecular weight is 399 g/mol. The van der Waals surface area contributed by atoms with Crippen molar-refractivity contribution in [2.24, 2.45) is 0 Å². The van der Waals surface area contributed by atoms with Crippen LogP contribution < -0.4 is 4.74 Å². The predicted molar refractivity (Wildman–Crippen MR) is 92.2 cm³/mol. The third kappa shape index (κ3) is 2.50. The minimum absolute atomic E-state index is 0.259. The van der Waals surface area contributed by atoms with E-state index in [1.54, 1.807) is 0 Å². The van der Waals surface area contributed by atoms with Gasteiger partial charge in [0.25, 0.3) is 0 Å². The smallest absolute Gasteiger partial charge is 0.190 e. The van der Waals surface area contributed by atoms with Crippen molar-refractivity contribution in [2.45, 2.75) is 45.1 Å². The fourth-order valence-corrected chi connectivity index (χ4v) is 4.53. The Kier molecular flexibility index (Phi) is 4.28. The molecule has 3 rings (SSSR count). The van der Waals surface area contributed by atoms with Crippen molar-refractivity contribution in [3.05, 3.63) is 26.8 Å². The molecule has 0 radical (unpaired) electrons. The van der Waals surface area contributed by atoms with E-state index in [-0.39, 0.29) is 5.78 Å². The fourth-order valence-electron chi connectivity index (χ4n) is 3.60. The van der Waals surface area contributed by atoms with Crippen LogP contribution in [0.15, 0.2) is 12.1 Å². The Balaban J connectivity index is 2.03. The van der Waals surface area contributed by atoms with Gasteiger partial charge in [-0.1, -0.05) is 13.3 Å². The molecule has 1 aromatic carbocycles. The van der Waals surface area contributed by atoms with Crippen molar-refractivity contribution in [1.29, 1.82) is 0 Å². The molecule has 2 aliphatic heterocycles. The number of Topliss-reactive ketones (excluding diaryl/α,β-unsaturated/α-hetero) is 1. The van der Waals surface area contributed by atoms with Gasteiger partial charge in [-0.3, -0.25) is 9.69 Å². The van der Waals surface area contributed by atoms with E-state index in [2.05, 4.69) is 40.5 Å². The highest BCUT2D eigenvalue weighted by atomic mass is 127. The van der Waals surface area contributed by atoms with Gasteiger partial charge < -0.3 is 4.74 Å². The SMILES string of the molecule is CC[C@]1(N2CCCCC2)COc2c(I)cc(C)cc2C1=O. The minimum atomic E-state index is -0.454. The number of hydrogen-bond donors (Lipinski definition) is 0. The highest BCUT2D eigenvalue weighted by molar-refractivity contribution is 14.1. The summed E-state index contributed by atoms with van der Waals surface area (Å²) in [5.41, 5.74) is 1.45. The molecule has 3 nitrogen and oxygen atoms in total. The molecule has 0 saturated carbocycles. The van der Waals surface area contributed by atoms with Gasteiger partial charge in [0.05, 0.1) is 9.13 Å². The summed E-state index contributed by atoms with van der Waals surface area (Å²) in [6.07, 6.45) is 4.47. The van der Waals surface area contributed by atoms with Crippen molar-refractivity contribution in [3.63, 3.8) is 0 Å². The maximum Gasteiger partial charge on any atom is 0.190 e. The second-order valence-electron chi connectivity index (χ2n) is 6.17. The van der Waals surface area contributed by atoms with Crippen molar-refractivity contribution in [3.8, 4) is 5.75 Å². The summed E-state index contributed by atoms with van der Waals surface area (Å²) < 4.78 is 7.11. The van der Waals surface area contributed by atoms with Crippen LogP contribution in [0.2, 0.25) is 0 Å². The molecule has 2 aliphatic rings. The molecule has 21 heavy (non-hydrogen) atoms. The van der Waals surface area contributed by atoms with Gasteiger partial charge in [0.1, 0.15) is 17.9 Å². The Bertz CT molecular complexity index is 566. The zero-order chi connectivity index (χ0) is 15.0. The average Bonchev–Trinajstić information content (AvgIpc) is 2.50. The molecule has 0 unspecified atom stereocenters. The largest absolute Gasteiger partial charge is 0.489 e. The topological polar surface area (TPSA) is 29.5 Å². The normalized spacial score (nSPS) is 26.3. The van der Waals surface area contributed by atoms with E-state index in [0.717, 1.165) is 40.0 Å². The van der Waals surface area contributed by atoms with Crippen LogP contribution in [-0.2, 0) is 0 Å². The Morgan fingerprint density at radius 3 is 2.67 bits per heavy atom. The fraction of sp³-hybridized carbons (Fsp3) is 0.588. The summed E-state index contributed by atoms with van der Waals surface area (Å²) >= 11 is 2.27. The zero-order valence-corrected chi connectivity index (χ0v) is 14.9. The van der Waals surface area contributed by atoms with Crippen LogP contribution in [-0.4, -0.2) is 35.9 Å². The lowest BCUT2D eigenvalue weighted by atomic mass is 9.82. The first-order chi connectivity index (χ1) is 10.1. The van der Waals surface area contributed by atoms with Crippen molar-refractivity contribution in [2.75, 3.05) is 19.7 Å². The number of ether oxygens (including phenoxy) is 1. The van der Waals surface area contributed by atoms with E-state index in [1.807, 2.05) is 13.0 Å². The first-order valence-corrected chi connectivity index (χ1v) is 8.89. The number of ketones is 1. The molecule has 1 aromatic rings. The molecule has 0 amide bonds. The second-order valence-corrected chi connectivity index (χ2v) is 7.34. The second kappa shape index (κ2) is 5.88. The number of piperidine rings is 1. The van der Waals surface area contributed by atoms with Gasteiger partial charge in [0.2, 0.25) is 0 Å². The van der Waals surface area contributed by atoms with Crippen LogP contribution in [0.4, 0.5) is 0 Å². The van der Waals surface area contributed by atoms with Crippen LogP contribution in [0.25, 0.3) is 0 Å². The number of hydrogen-bond acceptors (Lipinski definition) is 3. The number of benzene rings is 1. The quantitative estimate of drug-likeness (QED) is 0.709. The Labute approximate surface area is 140 Å². The van der Waals surface area contributed by atoms with Gasteiger partial charge in [0.15, 0.2) is 5.78 Å². The number of aryl methyl sites for hydroxylation is 1. The molecule has 1 saturated heterocycles. The van der Waals surface area contributed by atoms with E-state index in [1.165, 1.54) is 19.3 Å². The Hall–Kier alpha value is -0.620. The standard InChI is InChI=1S/C17H22INO2/c1-3-17(19-7-5-4-6-8-19)11-21-15-13(16(17)20)9-12(2)10-14(15)18/h9-10H,3-8,11H2,1-2H3/t17-/m0/s1. The lowest BCUT2D eigenvalue weighted by molar-refractivity contribution is 0.0147. The third-order valence-electron chi connectivity index (χ3n) is 4.86. The van der Waals surface area contributed by atoms with Crippen LogP contribution in [0.5, 0.6) is 5.75 Å². The van der Waals surface area contributed by atoms with E-state index in [0.29, 0.717) is 6.61 Å². The molecule has 0 aliphatic carbocycles. The molecule has 1 atom stereocenters. The first kappa shape index (κ1) is 15.3. The maximum absolute atomic E-state index is 13.2. The summed E-state index contributed by atoms with van der Waals surface area (Å²) in [5, 5.41) is 0. The van der Waals surface area contributed by atoms with Gasteiger partial charge in [-0.05, 0) is 79.6 Å². The number of fused-ring (bicyclic) bond motifs is 1. The number of carbonyl (C=O) groups excluding carboxylic acids is 1. The van der Waals surface area contributed by atoms with Crippen LogP contribution in [0.3, 0.4) is 0 Å². The molecule has 0 N–H and O–H groups in total. The zero-order valence-electron chi connectivity index (χ0n) is 12.7. The summed E-state index contributed by atoms with van der Waals surface area (Å²) in [7, 11) is 0. The number of carbonyl (C=O) groups is 1. The highest BCUT2D eigenvalue weighted by Crippen LogP contribution is 2.39. The van der Waals surface area contributed by atoms with Gasteiger partial charge in [0, 0.05) is 0 Å². The highest BCUT2D eigenvalue weighted by Gasteiger charge is 2.47. The molecule has 114 valence electrons. The maximum atomic E-state index is 13.2. The van der Waals surface area contributed by atoms with Crippen molar-refractivity contribution >= 4 is 28.4 Å². The van der Waals surface area contributed by atoms with Crippen molar-refractivity contribution in [1.82, 2.24) is 4.90 Å². The van der Waals surface area contributed by atoms with Gasteiger partial charge in [-0.25, -0.2) is 0 Å². The minimum Gasteiger partial charge on any atom is -0.489 e. The summed E-state index contributed by atoms with van der Waals surface area (Å²) in [4.78, 5) is 15.6. The van der Waals surface area contributed by atoms with Crippen LogP contribution >= 0.6 is 22.6 Å². The molecule has 0 aromatic heterocycles. The van der Waals surface area contributed by atoms with Gasteiger partial charge in [-0.15, -0.1) is 0 Å². The Morgan fingerprint density at radius 2 is 2.00 bits per heavy atom. The number of likely N-dealkylation sites (tertiary alicyclic amines) is 1. The summed E-state index contributed by atoms with van der Waals surface area (Å²) in [6.45, 7) is 6.68. The molecule has 4 heteroatoms. The van der Waals surface area contributed by atoms with Crippen LogP contribution in [0, 0.1) is 10.5 Å². The Morgan fingerprint density at radius 1 is 1.29 bits per heavy atom. The lowest BCUT2D eigenvalue weighted by Gasteiger charge is -2.46. The third-order valence-corrected chi connectivity index (χ3v) is 5.66. The van der Waals surface area contributed by atoms with Crippen LogP contribution in [0.1, 0.15) is 48.5 Å². The molecule has 1 fully saturated rings. The predicted octanol–water partition coefficient (Wildman–Crippen LogP) is 3.81. The van der Waals surface area contributed by atoms with E-state index in [9.17, 15) is 4.79 Å². The number of halogens is 1. The van der Waals surface area contributed by atoms with E-state index >= 15 is 0 Å². The molecule has 0 spiro atoms. The monoisotopic (exact) mass is 399 g/mol. The van der Waals surface area contributed by atoms with Gasteiger partial charge >= 0.3 is 0 Å². The molecular formula is C17H22INO2. The number of rotatable bonds is 2. The van der Waals surface area contributed by atoms with Crippen molar-refractivity contribution < 1.29 is 9.53 Å². The van der Waals surface area contributed by atoms with Gasteiger partial charge in [-0.2, -0.15) is 0 Å². The van der Waals surface area contributed by atoms with E-state index in [4.69, 9.17) is 4.74 Å². The molecule has 0 bridgehead atoms. The molecule has 2 heterocycles. The first-order valence-electron chi connectivity index (χ1n) is 7.81. The van der Waals surface area contributed by atoms with E-state index < -0.39 is 5.54 Å². The summed E-state index contributed by atoms with van der Waals surface area (Å²) in [6, 6.07) is 4.07. The lowest BCUT2D eigenvalue weighted by Crippen LogP contribution is -2.61. The molecular weight excluding hydrogens is 377 g/mol. The number of nitrogens with zero attached hydrogens (tertiary/aromatic N) is 1. The summed E-state index contributed by atoms with van der Waals surface area (Å²) in [5.74, 6) is 1.04.